The van der Waals surface area contributed by atoms with Crippen molar-refractivity contribution in [3.63, 3.8) is 0 Å². The van der Waals surface area contributed by atoms with Gasteiger partial charge in [-0.25, -0.2) is 9.37 Å². The molecule has 136 valence electrons. The zero-order valence-corrected chi connectivity index (χ0v) is 15.4. The number of halogens is 1. The normalized spacial score (nSPS) is 14.8. The molecule has 1 fully saturated rings. The predicted octanol–water partition coefficient (Wildman–Crippen LogP) is 2.31. The van der Waals surface area contributed by atoms with E-state index in [1.165, 1.54) is 13.2 Å². The van der Waals surface area contributed by atoms with Crippen molar-refractivity contribution in [2.24, 2.45) is 7.05 Å². The van der Waals surface area contributed by atoms with Crippen molar-refractivity contribution in [2.75, 3.05) is 42.3 Å². The van der Waals surface area contributed by atoms with Crippen LogP contribution < -0.4 is 15.4 Å². The van der Waals surface area contributed by atoms with Gasteiger partial charge in [-0.1, -0.05) is 0 Å². The van der Waals surface area contributed by atoms with Crippen LogP contribution in [-0.2, 0) is 7.05 Å². The summed E-state index contributed by atoms with van der Waals surface area (Å²) in [7, 11) is 3.24. The number of nitrogens with two attached hydrogens (primary N) is 1. The Bertz CT molecular complexity index is 970. The van der Waals surface area contributed by atoms with Gasteiger partial charge in [-0.05, 0) is 12.1 Å². The van der Waals surface area contributed by atoms with Gasteiger partial charge >= 0.3 is 0 Å². The minimum atomic E-state index is -0.423. The van der Waals surface area contributed by atoms with E-state index in [0.717, 1.165) is 24.6 Å². The maximum atomic E-state index is 14.7. The van der Waals surface area contributed by atoms with Crippen LogP contribution in [0.25, 0.3) is 22.3 Å². The number of hydrogen-bond donors (Lipinski definition) is 1. The third kappa shape index (κ3) is 2.82. The van der Waals surface area contributed by atoms with Crippen LogP contribution in [0.4, 0.5) is 16.2 Å². The largest absolute Gasteiger partial charge is 0.497 e. The molecule has 9 heteroatoms. The summed E-state index contributed by atoms with van der Waals surface area (Å²) in [5.74, 6) is 3.01. The number of nitrogen functional groups attached to an aromatic ring is 1. The van der Waals surface area contributed by atoms with Crippen LogP contribution in [0.15, 0.2) is 18.2 Å². The van der Waals surface area contributed by atoms with Gasteiger partial charge in [0.25, 0.3) is 0 Å². The first-order valence-corrected chi connectivity index (χ1v) is 9.41. The fourth-order valence-electron chi connectivity index (χ4n) is 3.02. The fourth-order valence-corrected chi connectivity index (χ4v) is 3.92. The summed E-state index contributed by atoms with van der Waals surface area (Å²) in [6.07, 6.45) is 0. The number of aryl methyl sites for hydroxylation is 1. The van der Waals surface area contributed by atoms with Crippen LogP contribution in [0.3, 0.4) is 0 Å². The summed E-state index contributed by atoms with van der Waals surface area (Å²) in [6.45, 7) is 1.70. The summed E-state index contributed by atoms with van der Waals surface area (Å²) in [5, 5.41) is 4.94. The summed E-state index contributed by atoms with van der Waals surface area (Å²) >= 11 is 1.90. The van der Waals surface area contributed by atoms with Crippen LogP contribution in [0, 0.1) is 5.82 Å². The molecular weight excluding hydrogens is 355 g/mol. The number of anilines is 2. The van der Waals surface area contributed by atoms with E-state index in [9.17, 15) is 4.39 Å². The molecule has 1 aliphatic heterocycles. The summed E-state index contributed by atoms with van der Waals surface area (Å²) in [6, 6.07) is 4.70. The molecule has 3 heterocycles. The van der Waals surface area contributed by atoms with Gasteiger partial charge in [0.15, 0.2) is 5.65 Å². The van der Waals surface area contributed by atoms with Crippen LogP contribution in [0.2, 0.25) is 0 Å². The number of methoxy groups -OCH3 is 1. The average Bonchev–Trinajstić information content (AvgIpc) is 2.95. The van der Waals surface area contributed by atoms with Gasteiger partial charge in [0.2, 0.25) is 5.95 Å². The quantitative estimate of drug-likeness (QED) is 0.753. The van der Waals surface area contributed by atoms with Crippen molar-refractivity contribution in [2.45, 2.75) is 0 Å². The highest BCUT2D eigenvalue weighted by atomic mass is 32.2. The zero-order chi connectivity index (χ0) is 18.3. The van der Waals surface area contributed by atoms with Crippen molar-refractivity contribution in [1.29, 1.82) is 0 Å². The van der Waals surface area contributed by atoms with Gasteiger partial charge in [0.05, 0.1) is 18.2 Å². The third-order valence-corrected chi connectivity index (χ3v) is 5.40. The molecule has 0 aliphatic carbocycles. The number of hydrogen-bond acceptors (Lipinski definition) is 7. The monoisotopic (exact) mass is 374 g/mol. The standard InChI is InChI=1S/C17H19FN6OS/c1-23-15(19)13-14(11-4-3-10(25-2)9-12(11)18)20-17(21-16(13)22-23)24-5-7-26-8-6-24/h3-4,9H,5-8,19H2,1-2H3. The lowest BCUT2D eigenvalue weighted by atomic mass is 10.1. The summed E-state index contributed by atoms with van der Waals surface area (Å²) < 4.78 is 21.4. The van der Waals surface area contributed by atoms with Crippen LogP contribution in [-0.4, -0.2) is 51.5 Å². The Labute approximate surface area is 154 Å². The van der Waals surface area contributed by atoms with E-state index in [1.807, 2.05) is 11.8 Å². The number of nitrogens with zero attached hydrogens (tertiary/aromatic N) is 5. The lowest BCUT2D eigenvalue weighted by Crippen LogP contribution is -2.33. The lowest BCUT2D eigenvalue weighted by molar-refractivity contribution is 0.411. The van der Waals surface area contributed by atoms with Crippen LogP contribution in [0.5, 0.6) is 5.75 Å². The number of benzene rings is 1. The molecule has 3 aromatic rings. The van der Waals surface area contributed by atoms with E-state index in [-0.39, 0.29) is 0 Å². The smallest absolute Gasteiger partial charge is 0.228 e. The molecule has 7 nitrogen and oxygen atoms in total. The first-order valence-electron chi connectivity index (χ1n) is 8.25. The Morgan fingerprint density at radius 1 is 1.23 bits per heavy atom. The molecule has 0 atom stereocenters. The maximum absolute atomic E-state index is 14.7. The van der Waals surface area contributed by atoms with Gasteiger partial charge in [-0.2, -0.15) is 21.8 Å². The molecule has 2 aromatic heterocycles. The minimum absolute atomic E-state index is 0.352. The highest BCUT2D eigenvalue weighted by Crippen LogP contribution is 2.34. The van der Waals surface area contributed by atoms with Crippen LogP contribution >= 0.6 is 11.8 Å². The average molecular weight is 374 g/mol. The molecule has 1 aliphatic rings. The molecule has 1 saturated heterocycles. The Balaban J connectivity index is 1.93. The topological polar surface area (TPSA) is 82.1 Å². The molecule has 0 amide bonds. The molecule has 26 heavy (non-hydrogen) atoms. The maximum Gasteiger partial charge on any atom is 0.228 e. The number of rotatable bonds is 3. The molecule has 2 N–H and O–H groups in total. The van der Waals surface area contributed by atoms with Gasteiger partial charge in [0.1, 0.15) is 17.4 Å². The van der Waals surface area contributed by atoms with Gasteiger partial charge < -0.3 is 15.4 Å². The van der Waals surface area contributed by atoms with Crippen molar-refractivity contribution < 1.29 is 9.13 Å². The van der Waals surface area contributed by atoms with Crippen molar-refractivity contribution >= 4 is 34.6 Å². The first-order chi connectivity index (χ1) is 12.6. The molecule has 1 aromatic carbocycles. The van der Waals surface area contributed by atoms with E-state index in [0.29, 0.717) is 39.8 Å². The van der Waals surface area contributed by atoms with Crippen molar-refractivity contribution in [3.05, 3.63) is 24.0 Å². The minimum Gasteiger partial charge on any atom is -0.497 e. The van der Waals surface area contributed by atoms with E-state index < -0.39 is 5.82 Å². The predicted molar refractivity (Wildman–Crippen MR) is 102 cm³/mol. The highest BCUT2D eigenvalue weighted by molar-refractivity contribution is 7.99. The lowest BCUT2D eigenvalue weighted by Gasteiger charge is -2.26. The van der Waals surface area contributed by atoms with Crippen LogP contribution in [0.1, 0.15) is 0 Å². The highest BCUT2D eigenvalue weighted by Gasteiger charge is 2.22. The fraction of sp³-hybridized carbons (Fsp3) is 0.353. The molecule has 4 rings (SSSR count). The Morgan fingerprint density at radius 3 is 2.69 bits per heavy atom. The van der Waals surface area contributed by atoms with E-state index >= 15 is 0 Å². The second kappa shape index (κ2) is 6.64. The van der Waals surface area contributed by atoms with Crippen molar-refractivity contribution in [3.8, 4) is 17.0 Å². The number of aromatic nitrogens is 4. The van der Waals surface area contributed by atoms with E-state index in [2.05, 4.69) is 20.0 Å². The van der Waals surface area contributed by atoms with E-state index in [4.69, 9.17) is 10.5 Å². The third-order valence-electron chi connectivity index (χ3n) is 4.45. The van der Waals surface area contributed by atoms with Gasteiger partial charge in [-0.15, -0.1) is 0 Å². The Hall–Kier alpha value is -2.55. The second-order valence-corrected chi connectivity index (χ2v) is 7.25. The SMILES string of the molecule is COc1ccc(-c2nc(N3CCSCC3)nc3nn(C)c(N)c23)c(F)c1. The number of thioether (sulfide) groups is 1. The van der Waals surface area contributed by atoms with Crippen molar-refractivity contribution in [1.82, 2.24) is 19.7 Å². The first kappa shape index (κ1) is 16.9. The molecular formula is C17H19FN6OS. The summed E-state index contributed by atoms with van der Waals surface area (Å²) in [5.41, 5.74) is 7.44. The zero-order valence-electron chi connectivity index (χ0n) is 14.6. The van der Waals surface area contributed by atoms with Gasteiger partial charge in [-0.3, -0.25) is 4.68 Å². The molecule has 0 unspecified atom stereocenters. The number of fused-ring (bicyclic) bond motifs is 1. The molecule has 0 saturated carbocycles. The van der Waals surface area contributed by atoms with Gasteiger partial charge in [0, 0.05) is 43.3 Å². The Morgan fingerprint density at radius 2 is 2.00 bits per heavy atom. The molecule has 0 radical (unpaired) electrons. The second-order valence-electron chi connectivity index (χ2n) is 6.02. The van der Waals surface area contributed by atoms with E-state index in [1.54, 1.807) is 23.9 Å². The Kier molecular flexibility index (Phi) is 4.31. The molecule has 0 spiro atoms. The number of ether oxygens (including phenoxy) is 1. The summed E-state index contributed by atoms with van der Waals surface area (Å²) in [4.78, 5) is 11.4. The molecule has 0 bridgehead atoms.